The van der Waals surface area contributed by atoms with Gasteiger partial charge in [-0.15, -0.1) is 0 Å². The van der Waals surface area contributed by atoms with E-state index in [0.717, 1.165) is 4.90 Å². The van der Waals surface area contributed by atoms with Gasteiger partial charge in [-0.05, 0) is 48.4 Å². The third kappa shape index (κ3) is 4.14. The maximum absolute atomic E-state index is 13.3. The van der Waals surface area contributed by atoms with E-state index in [-0.39, 0.29) is 12.3 Å². The Kier molecular flexibility index (Phi) is 5.81. The summed E-state index contributed by atoms with van der Waals surface area (Å²) in [6.45, 7) is 2.64. The summed E-state index contributed by atoms with van der Waals surface area (Å²) in [7, 11) is 0. The minimum atomic E-state index is -1.34. The fraction of sp³-hybridized carbons (Fsp3) is 0.238. The molecule has 0 radical (unpaired) electrons. The molecular weight excluding hydrogens is 391 g/mol. The van der Waals surface area contributed by atoms with E-state index in [0.29, 0.717) is 16.9 Å². The minimum Gasteiger partial charge on any atom is -0.326 e. The van der Waals surface area contributed by atoms with Gasteiger partial charge < -0.3 is 16.0 Å². The average molecular weight is 412 g/mol. The zero-order valence-corrected chi connectivity index (χ0v) is 16.5. The van der Waals surface area contributed by atoms with Crippen molar-refractivity contribution in [2.24, 2.45) is 0 Å². The van der Waals surface area contributed by atoms with Crippen LogP contribution < -0.4 is 16.0 Å². The van der Waals surface area contributed by atoms with Crippen LogP contribution in [0.15, 0.2) is 48.5 Å². The molecule has 1 atom stereocenters. The summed E-state index contributed by atoms with van der Waals surface area (Å²) in [4.78, 5) is 49.7. The highest BCUT2D eigenvalue weighted by Crippen LogP contribution is 2.32. The van der Waals surface area contributed by atoms with Gasteiger partial charge in [0, 0.05) is 18.3 Å². The van der Waals surface area contributed by atoms with Crippen LogP contribution in [0.4, 0.5) is 20.6 Å². The molecule has 1 heterocycles. The fourth-order valence-electron chi connectivity index (χ4n) is 3.33. The Balaban J connectivity index is 1.71. The molecule has 5 amide bonds. The van der Waals surface area contributed by atoms with Gasteiger partial charge in [0.15, 0.2) is 0 Å². The largest absolute Gasteiger partial charge is 0.326 e. The second-order valence-electron chi connectivity index (χ2n) is 6.89. The van der Waals surface area contributed by atoms with Crippen LogP contribution in [0.1, 0.15) is 25.8 Å². The molecule has 1 aliphatic heterocycles. The zero-order valence-electron chi connectivity index (χ0n) is 16.5. The number of amides is 5. The number of urea groups is 1. The Morgan fingerprint density at radius 1 is 1.00 bits per heavy atom. The number of imide groups is 1. The van der Waals surface area contributed by atoms with Gasteiger partial charge in [0.25, 0.3) is 5.91 Å². The number of hydrogen-bond acceptors (Lipinski definition) is 4. The molecule has 0 saturated carbocycles. The first-order valence-electron chi connectivity index (χ1n) is 9.33. The van der Waals surface area contributed by atoms with Gasteiger partial charge in [0.1, 0.15) is 17.9 Å². The van der Waals surface area contributed by atoms with Crippen molar-refractivity contribution in [2.45, 2.75) is 25.8 Å². The van der Waals surface area contributed by atoms with Crippen molar-refractivity contribution in [1.82, 2.24) is 10.2 Å². The highest BCUT2D eigenvalue weighted by molar-refractivity contribution is 6.10. The lowest BCUT2D eigenvalue weighted by Crippen LogP contribution is -2.44. The molecule has 3 rings (SSSR count). The lowest BCUT2D eigenvalue weighted by Gasteiger charge is -2.25. The minimum absolute atomic E-state index is 0.217. The summed E-state index contributed by atoms with van der Waals surface area (Å²) in [5.74, 6) is -1.80. The number of carbonyl (C=O) groups is 4. The molecule has 3 N–H and O–H groups in total. The van der Waals surface area contributed by atoms with Crippen LogP contribution in [0.5, 0.6) is 0 Å². The highest BCUT2D eigenvalue weighted by Gasteiger charge is 2.51. The van der Waals surface area contributed by atoms with Crippen LogP contribution in [0, 0.1) is 5.82 Å². The van der Waals surface area contributed by atoms with Crippen molar-refractivity contribution in [3.05, 3.63) is 59.9 Å². The van der Waals surface area contributed by atoms with E-state index in [1.807, 2.05) is 0 Å². The number of benzene rings is 2. The Bertz CT molecular complexity index is 991. The van der Waals surface area contributed by atoms with Crippen LogP contribution in [0.25, 0.3) is 0 Å². The van der Waals surface area contributed by atoms with Gasteiger partial charge in [-0.1, -0.05) is 19.1 Å². The number of halogens is 1. The maximum Gasteiger partial charge on any atom is 0.325 e. The van der Waals surface area contributed by atoms with Crippen molar-refractivity contribution in [3.63, 3.8) is 0 Å². The molecular formula is C21H21FN4O4. The topological polar surface area (TPSA) is 108 Å². The molecule has 0 aliphatic carbocycles. The van der Waals surface area contributed by atoms with Crippen LogP contribution in [-0.2, 0) is 19.9 Å². The Morgan fingerprint density at radius 3 is 2.10 bits per heavy atom. The molecule has 2 aromatic rings. The van der Waals surface area contributed by atoms with Crippen molar-refractivity contribution < 1.29 is 23.6 Å². The van der Waals surface area contributed by atoms with Crippen LogP contribution >= 0.6 is 0 Å². The van der Waals surface area contributed by atoms with Crippen LogP contribution in [-0.4, -0.2) is 35.2 Å². The lowest BCUT2D eigenvalue weighted by molar-refractivity contribution is -0.134. The predicted octanol–water partition coefficient (Wildman–Crippen LogP) is 2.58. The number of hydrogen-bond donors (Lipinski definition) is 3. The van der Waals surface area contributed by atoms with Gasteiger partial charge in [-0.25, -0.2) is 9.18 Å². The number of nitrogens with one attached hydrogen (secondary N) is 3. The second-order valence-corrected chi connectivity index (χ2v) is 6.89. The molecule has 30 heavy (non-hydrogen) atoms. The summed E-state index contributed by atoms with van der Waals surface area (Å²) < 4.78 is 13.3. The van der Waals surface area contributed by atoms with E-state index < -0.39 is 35.7 Å². The average Bonchev–Trinajstić information content (AvgIpc) is 2.95. The number of rotatable bonds is 6. The fourth-order valence-corrected chi connectivity index (χ4v) is 3.33. The van der Waals surface area contributed by atoms with Gasteiger partial charge in [0.2, 0.25) is 11.8 Å². The SMILES string of the molecule is CCC1(c2ccc(F)cc2)NC(=O)N(CC(=O)Nc2ccc(NC(C)=O)cc2)C1=O. The van der Waals surface area contributed by atoms with Crippen LogP contribution in [0.3, 0.4) is 0 Å². The van der Waals surface area contributed by atoms with Gasteiger partial charge in [-0.2, -0.15) is 0 Å². The molecule has 2 aromatic carbocycles. The summed E-state index contributed by atoms with van der Waals surface area (Å²) in [6.07, 6.45) is 0.242. The summed E-state index contributed by atoms with van der Waals surface area (Å²) >= 11 is 0. The quantitative estimate of drug-likeness (QED) is 0.634. The van der Waals surface area contributed by atoms with Crippen molar-refractivity contribution in [1.29, 1.82) is 0 Å². The van der Waals surface area contributed by atoms with E-state index in [9.17, 15) is 23.6 Å². The molecule has 1 fully saturated rings. The third-order valence-corrected chi connectivity index (χ3v) is 4.83. The molecule has 0 spiro atoms. The van der Waals surface area contributed by atoms with Crippen molar-refractivity contribution >= 4 is 35.1 Å². The number of nitrogens with zero attached hydrogens (tertiary/aromatic N) is 1. The van der Waals surface area contributed by atoms with Gasteiger partial charge >= 0.3 is 6.03 Å². The number of carbonyl (C=O) groups excluding carboxylic acids is 4. The lowest BCUT2D eigenvalue weighted by atomic mass is 9.87. The molecule has 1 saturated heterocycles. The maximum atomic E-state index is 13.3. The smallest absolute Gasteiger partial charge is 0.325 e. The van der Waals surface area contributed by atoms with E-state index in [2.05, 4.69) is 16.0 Å². The molecule has 1 unspecified atom stereocenters. The Hall–Kier alpha value is -3.75. The molecule has 0 aromatic heterocycles. The molecule has 156 valence electrons. The van der Waals surface area contributed by atoms with E-state index in [1.165, 1.54) is 31.2 Å². The first-order chi connectivity index (χ1) is 14.2. The second kappa shape index (κ2) is 8.32. The van der Waals surface area contributed by atoms with E-state index in [4.69, 9.17) is 0 Å². The monoisotopic (exact) mass is 412 g/mol. The van der Waals surface area contributed by atoms with Crippen LogP contribution in [0.2, 0.25) is 0 Å². The van der Waals surface area contributed by atoms with E-state index in [1.54, 1.807) is 31.2 Å². The molecule has 8 nitrogen and oxygen atoms in total. The normalized spacial score (nSPS) is 18.2. The standard InChI is InChI=1S/C21H21FN4O4/c1-3-21(14-4-6-15(22)7-5-14)19(29)26(20(30)25-21)12-18(28)24-17-10-8-16(9-11-17)23-13(2)27/h4-11H,3,12H2,1-2H3,(H,23,27)(H,24,28)(H,25,30). The Labute approximate surface area is 172 Å². The summed E-state index contributed by atoms with van der Waals surface area (Å²) in [5, 5.41) is 7.86. The summed E-state index contributed by atoms with van der Waals surface area (Å²) in [5.41, 5.74) is 0.120. The predicted molar refractivity (Wildman–Crippen MR) is 108 cm³/mol. The summed E-state index contributed by atoms with van der Waals surface area (Å²) in [6, 6.07) is 11.0. The Morgan fingerprint density at radius 2 is 1.57 bits per heavy atom. The van der Waals surface area contributed by atoms with Crippen molar-refractivity contribution in [2.75, 3.05) is 17.2 Å². The number of anilines is 2. The third-order valence-electron chi connectivity index (χ3n) is 4.83. The van der Waals surface area contributed by atoms with Crippen molar-refractivity contribution in [3.8, 4) is 0 Å². The first kappa shape index (κ1) is 21.0. The highest BCUT2D eigenvalue weighted by atomic mass is 19.1. The molecule has 1 aliphatic rings. The van der Waals surface area contributed by atoms with Gasteiger partial charge in [-0.3, -0.25) is 19.3 Å². The molecule has 0 bridgehead atoms. The zero-order chi connectivity index (χ0) is 21.9. The van der Waals surface area contributed by atoms with E-state index >= 15 is 0 Å². The van der Waals surface area contributed by atoms with Gasteiger partial charge in [0.05, 0.1) is 0 Å². The molecule has 9 heteroatoms. The first-order valence-corrected chi connectivity index (χ1v) is 9.33.